The Morgan fingerprint density at radius 1 is 0.426 bits per heavy atom. The number of para-hydroxylation sites is 1. The average molecular weight is 779 g/mol. The zero-order valence-electron chi connectivity index (χ0n) is 34.2. The van der Waals surface area contributed by atoms with E-state index in [1.807, 2.05) is 0 Å². The quantitative estimate of drug-likeness (QED) is 0.116. The molecule has 0 atom stereocenters. The first kappa shape index (κ1) is 35.3. The van der Waals surface area contributed by atoms with Crippen molar-refractivity contribution in [3.63, 3.8) is 0 Å². The third-order valence-electron chi connectivity index (χ3n) is 13.1. The Morgan fingerprint density at radius 3 is 1.90 bits per heavy atom. The Balaban J connectivity index is 0.870. The summed E-state index contributed by atoms with van der Waals surface area (Å²) in [5, 5.41) is 7.66. The lowest BCUT2D eigenvalue weighted by molar-refractivity contribution is 0.660. The third kappa shape index (κ3) is 5.64. The summed E-state index contributed by atoms with van der Waals surface area (Å²) in [6.07, 6.45) is 4.43. The number of aromatic nitrogens is 1. The van der Waals surface area contributed by atoms with Gasteiger partial charge in [0.05, 0.1) is 16.7 Å². The van der Waals surface area contributed by atoms with Gasteiger partial charge in [0, 0.05) is 38.6 Å². The number of fused-ring (bicyclic) bond motifs is 4. The van der Waals surface area contributed by atoms with Crippen LogP contribution < -0.4 is 4.90 Å². The van der Waals surface area contributed by atoms with Crippen LogP contribution in [-0.4, -0.2) is 4.57 Å². The van der Waals surface area contributed by atoms with Crippen molar-refractivity contribution >= 4 is 72.6 Å². The fraction of sp³-hybridized carbons (Fsp3) is 0.0508. The van der Waals surface area contributed by atoms with Gasteiger partial charge in [0.1, 0.15) is 0 Å². The normalized spacial score (nSPS) is 13.1. The second kappa shape index (κ2) is 13.7. The number of rotatable bonds is 7. The topological polar surface area (TPSA) is 8.17 Å². The predicted molar refractivity (Wildman–Crippen MR) is 260 cm³/mol. The van der Waals surface area contributed by atoms with E-state index in [9.17, 15) is 0 Å². The first-order valence-electron chi connectivity index (χ1n) is 21.3. The maximum absolute atomic E-state index is 2.42. The fourth-order valence-electron chi connectivity index (χ4n) is 10.1. The van der Waals surface area contributed by atoms with Crippen LogP contribution in [0.4, 0.5) is 17.1 Å². The molecule has 0 amide bonds. The summed E-state index contributed by atoms with van der Waals surface area (Å²) in [4.78, 5) is 2.42. The molecule has 288 valence electrons. The number of anilines is 3. The average Bonchev–Trinajstić information content (AvgIpc) is 3.77. The summed E-state index contributed by atoms with van der Waals surface area (Å²) in [5.74, 6) is 0. The standard InChI is InChI=1S/C59H42N2/c1-59(2)52-19-9-8-18-50(52)51-35-34-48(38-53(51)59)60(54-20-10-13-42-12-6-7-17-49(42)54)47-32-26-40(27-33-47)23-22-39-24-28-41(29-25-39)45-36-44-31-30-43-14-11-21-55-57(43)58(44)56(37-45)61(55)46-15-4-3-5-16-46/h3-38H,1-2H3/b23-22+. The molecular weight excluding hydrogens is 737 g/mol. The van der Waals surface area contributed by atoms with Crippen LogP contribution in [0.2, 0.25) is 0 Å². The van der Waals surface area contributed by atoms with E-state index >= 15 is 0 Å². The summed E-state index contributed by atoms with van der Waals surface area (Å²) in [6, 6.07) is 75.8. The van der Waals surface area contributed by atoms with Crippen molar-refractivity contribution in [1.29, 1.82) is 0 Å². The van der Waals surface area contributed by atoms with Crippen LogP contribution in [0.1, 0.15) is 36.1 Å². The lowest BCUT2D eigenvalue weighted by Gasteiger charge is -2.29. The fourth-order valence-corrected chi connectivity index (χ4v) is 10.1. The molecule has 61 heavy (non-hydrogen) atoms. The Kier molecular flexibility index (Phi) is 7.92. The van der Waals surface area contributed by atoms with E-state index in [-0.39, 0.29) is 5.41 Å². The lowest BCUT2D eigenvalue weighted by atomic mass is 9.82. The smallest absolute Gasteiger partial charge is 0.0553 e. The molecule has 0 fully saturated rings. The molecule has 0 bridgehead atoms. The van der Waals surface area contributed by atoms with E-state index in [1.54, 1.807) is 0 Å². The molecule has 0 saturated carbocycles. The second-order valence-electron chi connectivity index (χ2n) is 17.0. The van der Waals surface area contributed by atoms with Gasteiger partial charge in [-0.1, -0.05) is 172 Å². The van der Waals surface area contributed by atoms with Crippen LogP contribution >= 0.6 is 0 Å². The van der Waals surface area contributed by atoms with E-state index < -0.39 is 0 Å². The summed E-state index contributed by atoms with van der Waals surface area (Å²) in [7, 11) is 0. The number of hydrogen-bond acceptors (Lipinski definition) is 1. The summed E-state index contributed by atoms with van der Waals surface area (Å²) in [6.45, 7) is 4.71. The number of hydrogen-bond donors (Lipinski definition) is 0. The molecular formula is C59H42N2. The molecule has 2 nitrogen and oxygen atoms in total. The van der Waals surface area contributed by atoms with E-state index in [0.717, 1.165) is 22.5 Å². The summed E-state index contributed by atoms with van der Waals surface area (Å²) >= 11 is 0. The minimum Gasteiger partial charge on any atom is -0.310 e. The van der Waals surface area contributed by atoms with Crippen LogP contribution in [-0.2, 0) is 5.41 Å². The first-order chi connectivity index (χ1) is 30.0. The van der Waals surface area contributed by atoms with Gasteiger partial charge in [0.2, 0.25) is 0 Å². The largest absolute Gasteiger partial charge is 0.310 e. The van der Waals surface area contributed by atoms with Crippen molar-refractivity contribution in [3.8, 4) is 27.9 Å². The van der Waals surface area contributed by atoms with Crippen molar-refractivity contribution < 1.29 is 0 Å². The van der Waals surface area contributed by atoms with Gasteiger partial charge in [-0.05, 0) is 121 Å². The van der Waals surface area contributed by atoms with Crippen molar-refractivity contribution in [2.24, 2.45) is 0 Å². The lowest BCUT2D eigenvalue weighted by Crippen LogP contribution is -2.16. The van der Waals surface area contributed by atoms with E-state index in [0.29, 0.717) is 0 Å². The monoisotopic (exact) mass is 778 g/mol. The molecule has 0 N–H and O–H groups in total. The van der Waals surface area contributed by atoms with Crippen molar-refractivity contribution in [1.82, 2.24) is 4.57 Å². The van der Waals surface area contributed by atoms with Gasteiger partial charge < -0.3 is 9.47 Å². The predicted octanol–water partition coefficient (Wildman–Crippen LogP) is 16.1. The molecule has 11 aromatic rings. The van der Waals surface area contributed by atoms with Crippen molar-refractivity contribution in [3.05, 3.63) is 229 Å². The minimum absolute atomic E-state index is 0.0890. The van der Waals surface area contributed by atoms with Gasteiger partial charge in [0.25, 0.3) is 0 Å². The molecule has 1 aliphatic rings. The Morgan fingerprint density at radius 2 is 1.07 bits per heavy atom. The summed E-state index contributed by atoms with van der Waals surface area (Å²) in [5.41, 5.74) is 17.2. The zero-order valence-corrected chi connectivity index (χ0v) is 34.2. The number of benzene rings is 10. The highest BCUT2D eigenvalue weighted by molar-refractivity contribution is 6.25. The van der Waals surface area contributed by atoms with Gasteiger partial charge in [-0.2, -0.15) is 0 Å². The molecule has 10 aromatic carbocycles. The Labute approximate surface area is 356 Å². The summed E-state index contributed by atoms with van der Waals surface area (Å²) < 4.78 is 2.42. The molecule has 0 unspecified atom stereocenters. The Bertz CT molecular complexity index is 3470. The molecule has 0 radical (unpaired) electrons. The first-order valence-corrected chi connectivity index (χ1v) is 21.3. The molecule has 1 aromatic heterocycles. The van der Waals surface area contributed by atoms with Crippen LogP contribution in [0.25, 0.3) is 83.4 Å². The molecule has 12 rings (SSSR count). The van der Waals surface area contributed by atoms with Crippen LogP contribution in [0.3, 0.4) is 0 Å². The molecule has 2 heteroatoms. The van der Waals surface area contributed by atoms with Crippen LogP contribution in [0, 0.1) is 0 Å². The minimum atomic E-state index is -0.0890. The molecule has 0 aliphatic heterocycles. The Hall–Kier alpha value is -7.68. The maximum atomic E-state index is 2.42. The van der Waals surface area contributed by atoms with Gasteiger partial charge in [-0.25, -0.2) is 0 Å². The number of nitrogens with zero attached hydrogens (tertiary/aromatic N) is 2. The van der Waals surface area contributed by atoms with Crippen LogP contribution in [0.15, 0.2) is 206 Å². The highest BCUT2D eigenvalue weighted by Crippen LogP contribution is 2.51. The van der Waals surface area contributed by atoms with E-state index in [2.05, 4.69) is 242 Å². The zero-order chi connectivity index (χ0) is 40.7. The van der Waals surface area contributed by atoms with Crippen LogP contribution in [0.5, 0.6) is 0 Å². The second-order valence-corrected chi connectivity index (χ2v) is 17.0. The molecule has 1 heterocycles. The van der Waals surface area contributed by atoms with Crippen molar-refractivity contribution in [2.75, 3.05) is 4.90 Å². The van der Waals surface area contributed by atoms with Gasteiger partial charge in [-0.15, -0.1) is 0 Å². The molecule has 0 spiro atoms. The maximum Gasteiger partial charge on any atom is 0.0553 e. The molecule has 1 aliphatic carbocycles. The van der Waals surface area contributed by atoms with E-state index in [4.69, 9.17) is 0 Å². The van der Waals surface area contributed by atoms with Gasteiger partial charge in [0.15, 0.2) is 0 Å². The van der Waals surface area contributed by atoms with Gasteiger partial charge in [-0.3, -0.25) is 0 Å². The highest BCUT2D eigenvalue weighted by atomic mass is 15.1. The van der Waals surface area contributed by atoms with E-state index in [1.165, 1.54) is 88.1 Å². The van der Waals surface area contributed by atoms with Gasteiger partial charge >= 0.3 is 0 Å². The third-order valence-corrected chi connectivity index (χ3v) is 13.1. The van der Waals surface area contributed by atoms with Crippen molar-refractivity contribution in [2.45, 2.75) is 19.3 Å². The molecule has 0 saturated heterocycles. The highest BCUT2D eigenvalue weighted by Gasteiger charge is 2.35. The SMILES string of the molecule is CC1(C)c2ccccc2-c2ccc(N(c3ccc(/C=C/c4ccc(-c5cc6ccc7cccc8c7c6c(c5)n8-c5ccccc5)cc4)cc3)c3cccc4ccccc34)cc21.